The molecule has 26 heavy (non-hydrogen) atoms. The van der Waals surface area contributed by atoms with Crippen molar-refractivity contribution in [3.8, 4) is 6.07 Å². The van der Waals surface area contributed by atoms with E-state index in [0.717, 1.165) is 16.9 Å². The van der Waals surface area contributed by atoms with Crippen molar-refractivity contribution in [2.75, 3.05) is 24.4 Å². The van der Waals surface area contributed by atoms with Gasteiger partial charge in [-0.3, -0.25) is 4.79 Å². The normalized spacial score (nSPS) is 14.2. The molecule has 6 heteroatoms. The van der Waals surface area contributed by atoms with E-state index in [0.29, 0.717) is 24.0 Å². The highest BCUT2D eigenvalue weighted by atomic mass is 16.5. The molecule has 1 aliphatic heterocycles. The Kier molecular flexibility index (Phi) is 4.90. The number of anilines is 2. The van der Waals surface area contributed by atoms with Crippen molar-refractivity contribution in [2.24, 2.45) is 0 Å². The molecule has 1 unspecified atom stereocenters. The van der Waals surface area contributed by atoms with Gasteiger partial charge >= 0.3 is 5.97 Å². The Hall–Kier alpha value is -3.33. The van der Waals surface area contributed by atoms with Gasteiger partial charge in [-0.05, 0) is 47.9 Å². The molecule has 2 aromatic rings. The smallest absolute Gasteiger partial charge is 0.332 e. The molecule has 0 fully saturated rings. The number of amides is 1. The lowest BCUT2D eigenvalue weighted by atomic mass is 10.00. The lowest BCUT2D eigenvalue weighted by Crippen LogP contribution is -2.31. The molecule has 1 amide bonds. The number of aryl methyl sites for hydroxylation is 1. The first kappa shape index (κ1) is 17.5. The van der Waals surface area contributed by atoms with E-state index in [9.17, 15) is 9.59 Å². The zero-order valence-corrected chi connectivity index (χ0v) is 14.7. The van der Waals surface area contributed by atoms with Crippen LogP contribution in [0.5, 0.6) is 0 Å². The van der Waals surface area contributed by atoms with Crippen LogP contribution in [-0.4, -0.2) is 26.0 Å². The molecule has 2 aromatic carbocycles. The number of benzene rings is 2. The minimum Gasteiger partial charge on any atom is -0.467 e. The van der Waals surface area contributed by atoms with Gasteiger partial charge in [0.1, 0.15) is 0 Å². The van der Waals surface area contributed by atoms with Gasteiger partial charge in [-0.2, -0.15) is 5.26 Å². The Bertz CT molecular complexity index is 901. The Morgan fingerprint density at radius 3 is 2.81 bits per heavy atom. The van der Waals surface area contributed by atoms with Gasteiger partial charge in [0.05, 0.1) is 18.7 Å². The van der Waals surface area contributed by atoms with E-state index in [4.69, 9.17) is 10.00 Å². The van der Waals surface area contributed by atoms with E-state index in [1.54, 1.807) is 36.2 Å². The Balaban J connectivity index is 1.92. The van der Waals surface area contributed by atoms with E-state index in [1.807, 2.05) is 18.2 Å². The van der Waals surface area contributed by atoms with Crippen molar-refractivity contribution in [1.29, 1.82) is 5.26 Å². The first-order valence-corrected chi connectivity index (χ1v) is 8.27. The summed E-state index contributed by atoms with van der Waals surface area (Å²) in [7, 11) is 3.09. The monoisotopic (exact) mass is 349 g/mol. The van der Waals surface area contributed by atoms with Crippen LogP contribution in [0.4, 0.5) is 11.4 Å². The van der Waals surface area contributed by atoms with Crippen LogP contribution in [0.25, 0.3) is 0 Å². The van der Waals surface area contributed by atoms with Gasteiger partial charge in [0, 0.05) is 24.8 Å². The predicted molar refractivity (Wildman–Crippen MR) is 97.7 cm³/mol. The molecule has 1 N–H and O–H groups in total. The number of nitriles is 1. The lowest BCUT2D eigenvalue weighted by molar-refractivity contribution is -0.141. The molecule has 6 nitrogen and oxygen atoms in total. The third-order valence-corrected chi connectivity index (χ3v) is 4.52. The van der Waals surface area contributed by atoms with Gasteiger partial charge in [0.25, 0.3) is 0 Å². The standard InChI is InChI=1S/C20H19N3O3/c1-23-17-8-7-16(11-14(17)6-9-18(23)24)22-19(20(25)26-2)15-5-3-4-13(10-15)12-21/h3-5,7-8,10-11,19,22H,6,9H2,1-2H3. The first-order chi connectivity index (χ1) is 12.5. The zero-order chi connectivity index (χ0) is 18.7. The summed E-state index contributed by atoms with van der Waals surface area (Å²) in [6, 6.07) is 13.9. The van der Waals surface area contributed by atoms with Crippen LogP contribution >= 0.6 is 0 Å². The average Bonchev–Trinajstić information content (AvgIpc) is 2.68. The molecule has 0 saturated carbocycles. The Morgan fingerprint density at radius 2 is 2.08 bits per heavy atom. The number of nitrogens with one attached hydrogen (secondary N) is 1. The molecule has 1 aliphatic rings. The van der Waals surface area contributed by atoms with Crippen molar-refractivity contribution in [3.05, 3.63) is 59.2 Å². The molecule has 0 radical (unpaired) electrons. The van der Waals surface area contributed by atoms with Crippen LogP contribution in [0.1, 0.15) is 29.2 Å². The Morgan fingerprint density at radius 1 is 1.27 bits per heavy atom. The predicted octanol–water partition coefficient (Wildman–Crippen LogP) is 2.79. The number of ether oxygens (including phenoxy) is 1. The number of carbonyl (C=O) groups excluding carboxylic acids is 2. The summed E-state index contributed by atoms with van der Waals surface area (Å²) in [6.45, 7) is 0. The highest BCUT2D eigenvalue weighted by Gasteiger charge is 2.24. The number of hydrogen-bond donors (Lipinski definition) is 1. The molecular formula is C20H19N3O3. The van der Waals surface area contributed by atoms with Crippen LogP contribution in [-0.2, 0) is 20.7 Å². The topological polar surface area (TPSA) is 82.4 Å². The van der Waals surface area contributed by atoms with Gasteiger partial charge < -0.3 is 15.0 Å². The average molecular weight is 349 g/mol. The molecular weight excluding hydrogens is 330 g/mol. The summed E-state index contributed by atoms with van der Waals surface area (Å²) < 4.78 is 4.92. The number of esters is 1. The molecule has 0 aromatic heterocycles. The van der Waals surface area contributed by atoms with Crippen molar-refractivity contribution in [1.82, 2.24) is 0 Å². The number of hydrogen-bond acceptors (Lipinski definition) is 5. The third kappa shape index (κ3) is 3.38. The minimum atomic E-state index is -0.727. The zero-order valence-electron chi connectivity index (χ0n) is 14.7. The number of carbonyl (C=O) groups is 2. The van der Waals surface area contributed by atoms with Gasteiger partial charge in [-0.15, -0.1) is 0 Å². The van der Waals surface area contributed by atoms with Crippen LogP contribution < -0.4 is 10.2 Å². The molecule has 132 valence electrons. The SMILES string of the molecule is COC(=O)C(Nc1ccc2c(c1)CCC(=O)N2C)c1cccc(C#N)c1. The van der Waals surface area contributed by atoms with Crippen molar-refractivity contribution >= 4 is 23.3 Å². The van der Waals surface area contributed by atoms with E-state index >= 15 is 0 Å². The van der Waals surface area contributed by atoms with Gasteiger partial charge in [-0.25, -0.2) is 4.79 Å². The van der Waals surface area contributed by atoms with E-state index in [1.165, 1.54) is 7.11 Å². The third-order valence-electron chi connectivity index (χ3n) is 4.52. The van der Waals surface area contributed by atoms with Gasteiger partial charge in [0.2, 0.25) is 5.91 Å². The highest BCUT2D eigenvalue weighted by Crippen LogP contribution is 2.31. The summed E-state index contributed by atoms with van der Waals surface area (Å²) in [4.78, 5) is 25.7. The van der Waals surface area contributed by atoms with Gasteiger partial charge in [-0.1, -0.05) is 12.1 Å². The summed E-state index contributed by atoms with van der Waals surface area (Å²) in [5, 5.41) is 12.3. The molecule has 3 rings (SSSR count). The maximum Gasteiger partial charge on any atom is 0.332 e. The minimum absolute atomic E-state index is 0.0963. The van der Waals surface area contributed by atoms with Crippen molar-refractivity contribution < 1.29 is 14.3 Å². The fourth-order valence-corrected chi connectivity index (χ4v) is 3.10. The molecule has 0 spiro atoms. The van der Waals surface area contributed by atoms with E-state index in [-0.39, 0.29) is 5.91 Å². The lowest BCUT2D eigenvalue weighted by Gasteiger charge is -2.27. The maximum absolute atomic E-state index is 12.3. The first-order valence-electron chi connectivity index (χ1n) is 8.27. The number of methoxy groups -OCH3 is 1. The fraction of sp³-hybridized carbons (Fsp3) is 0.250. The largest absolute Gasteiger partial charge is 0.467 e. The van der Waals surface area contributed by atoms with Crippen LogP contribution in [0, 0.1) is 11.3 Å². The van der Waals surface area contributed by atoms with Crippen LogP contribution in [0.2, 0.25) is 0 Å². The molecule has 0 saturated heterocycles. The number of rotatable bonds is 4. The summed E-state index contributed by atoms with van der Waals surface area (Å²) in [5.41, 5.74) is 3.81. The number of nitrogens with zero attached hydrogens (tertiary/aromatic N) is 2. The highest BCUT2D eigenvalue weighted by molar-refractivity contribution is 5.96. The molecule has 1 atom stereocenters. The van der Waals surface area contributed by atoms with E-state index < -0.39 is 12.0 Å². The molecule has 0 bridgehead atoms. The quantitative estimate of drug-likeness (QED) is 0.858. The summed E-state index contributed by atoms with van der Waals surface area (Å²) in [5.74, 6) is -0.343. The Labute approximate surface area is 152 Å². The van der Waals surface area contributed by atoms with Crippen LogP contribution in [0.15, 0.2) is 42.5 Å². The second-order valence-electron chi connectivity index (χ2n) is 6.13. The summed E-state index contributed by atoms with van der Waals surface area (Å²) in [6.07, 6.45) is 1.14. The fourth-order valence-electron chi connectivity index (χ4n) is 3.10. The molecule has 0 aliphatic carbocycles. The second-order valence-corrected chi connectivity index (χ2v) is 6.13. The van der Waals surface area contributed by atoms with Gasteiger partial charge in [0.15, 0.2) is 6.04 Å². The van der Waals surface area contributed by atoms with Crippen molar-refractivity contribution in [3.63, 3.8) is 0 Å². The summed E-state index contributed by atoms with van der Waals surface area (Å²) >= 11 is 0. The molecule has 1 heterocycles. The van der Waals surface area contributed by atoms with E-state index in [2.05, 4.69) is 11.4 Å². The van der Waals surface area contributed by atoms with Crippen molar-refractivity contribution in [2.45, 2.75) is 18.9 Å². The maximum atomic E-state index is 12.3. The number of fused-ring (bicyclic) bond motifs is 1. The second kappa shape index (κ2) is 7.28. The van der Waals surface area contributed by atoms with Crippen LogP contribution in [0.3, 0.4) is 0 Å².